The van der Waals surface area contributed by atoms with Crippen molar-refractivity contribution >= 4 is 0 Å². The highest BCUT2D eigenvalue weighted by Gasteiger charge is 2.57. The topological polar surface area (TPSA) is 66.4 Å². The Kier molecular flexibility index (Phi) is 5.31. The number of aliphatic hydroxyl groups is 1. The van der Waals surface area contributed by atoms with Crippen LogP contribution in [0.4, 0.5) is 0 Å². The molecular formula is C32H38O6. The number of rotatable bonds is 3. The summed E-state index contributed by atoms with van der Waals surface area (Å²) in [6.07, 6.45) is 1.67. The normalized spacial score (nSPS) is 38.2. The van der Waals surface area contributed by atoms with Gasteiger partial charge in [0.25, 0.3) is 0 Å². The molecule has 0 bridgehead atoms. The number of hydrogen-bond donors (Lipinski definition) is 1. The maximum Gasteiger partial charge on any atom is 0.213 e. The van der Waals surface area contributed by atoms with Crippen LogP contribution < -0.4 is 14.2 Å². The molecule has 2 aromatic carbocycles. The van der Waals surface area contributed by atoms with Gasteiger partial charge in [-0.3, -0.25) is 0 Å². The van der Waals surface area contributed by atoms with Crippen molar-refractivity contribution in [3.63, 3.8) is 0 Å². The third-order valence-corrected chi connectivity index (χ3v) is 9.71. The molecule has 2 saturated heterocycles. The number of ether oxygens (including phenoxy) is 5. The minimum absolute atomic E-state index is 0.0377. The van der Waals surface area contributed by atoms with Crippen molar-refractivity contribution in [1.82, 2.24) is 0 Å². The Hall–Kier alpha value is -2.54. The molecule has 2 aromatic rings. The lowest BCUT2D eigenvalue weighted by Crippen LogP contribution is -2.48. The second kappa shape index (κ2) is 8.23. The van der Waals surface area contributed by atoms with Crippen molar-refractivity contribution in [2.24, 2.45) is 23.7 Å². The molecule has 202 valence electrons. The number of aliphatic hydroxyl groups excluding tert-OH is 1. The van der Waals surface area contributed by atoms with Crippen molar-refractivity contribution in [2.45, 2.75) is 77.7 Å². The van der Waals surface area contributed by atoms with Gasteiger partial charge in [0.15, 0.2) is 0 Å². The summed E-state index contributed by atoms with van der Waals surface area (Å²) in [6.45, 7) is 15.7. The highest BCUT2D eigenvalue weighted by Crippen LogP contribution is 2.57. The first-order chi connectivity index (χ1) is 18.1. The quantitative estimate of drug-likeness (QED) is 0.540. The van der Waals surface area contributed by atoms with Crippen molar-refractivity contribution in [3.8, 4) is 17.2 Å². The van der Waals surface area contributed by atoms with E-state index in [1.54, 1.807) is 0 Å². The van der Waals surface area contributed by atoms with Gasteiger partial charge in [-0.1, -0.05) is 32.6 Å². The molecule has 6 nitrogen and oxygen atoms in total. The first kappa shape index (κ1) is 24.5. The van der Waals surface area contributed by atoms with E-state index < -0.39 is 17.7 Å². The number of hydrogen-bond acceptors (Lipinski definition) is 6. The Labute approximate surface area is 224 Å². The van der Waals surface area contributed by atoms with Gasteiger partial charge in [-0.2, -0.15) is 0 Å². The van der Waals surface area contributed by atoms with Crippen molar-refractivity contribution in [1.29, 1.82) is 0 Å². The van der Waals surface area contributed by atoms with Gasteiger partial charge < -0.3 is 28.8 Å². The second-order valence-electron chi connectivity index (χ2n) is 12.6. The average Bonchev–Trinajstić information content (AvgIpc) is 3.52. The van der Waals surface area contributed by atoms with E-state index in [0.29, 0.717) is 25.6 Å². The molecule has 7 rings (SSSR count). The predicted octanol–water partition coefficient (Wildman–Crippen LogP) is 5.52. The maximum absolute atomic E-state index is 11.7. The molecule has 0 aliphatic carbocycles. The Balaban J connectivity index is 1.33. The summed E-state index contributed by atoms with van der Waals surface area (Å²) in [7, 11) is 0. The van der Waals surface area contributed by atoms with Crippen LogP contribution in [0.3, 0.4) is 0 Å². The van der Waals surface area contributed by atoms with Gasteiger partial charge in [-0.05, 0) is 59.6 Å². The SMILES string of the molecule is C=C(C)C1Cc2cc(Cc3cc4c(c5c3O[C@@]3(C)OC[C@H](C)[C@H]3C5)O[C@@]3(C)OC[C@H](C)[C@H]3C4O)ccc2O1. The monoisotopic (exact) mass is 518 g/mol. The Bertz CT molecular complexity index is 1330. The van der Waals surface area contributed by atoms with E-state index in [2.05, 4.69) is 51.6 Å². The molecule has 5 heterocycles. The van der Waals surface area contributed by atoms with Gasteiger partial charge in [0.1, 0.15) is 23.4 Å². The maximum atomic E-state index is 11.7. The van der Waals surface area contributed by atoms with Crippen LogP contribution in [-0.2, 0) is 28.7 Å². The van der Waals surface area contributed by atoms with Crippen LogP contribution in [0.25, 0.3) is 0 Å². The molecule has 5 aliphatic rings. The first-order valence-corrected chi connectivity index (χ1v) is 14.0. The standard InChI is InChI=1S/C32H38O6/c1-16(2)26-12-20-9-19(7-8-25(20)36-26)10-21-11-22-28(33)27-18(4)15-35-32(27,6)38-30(22)23-13-24-17(3)14-34-31(24,5)37-29(21)23/h7-9,11,17-18,24,26-28,33H,1,10,12-15H2,2-6H3/t17-,18-,24+,26?,27-,28?,31+,32+/m0/s1. The van der Waals surface area contributed by atoms with E-state index in [9.17, 15) is 5.11 Å². The van der Waals surface area contributed by atoms with Crippen molar-refractivity contribution in [2.75, 3.05) is 13.2 Å². The fourth-order valence-corrected chi connectivity index (χ4v) is 7.54. The molecule has 1 N–H and O–H groups in total. The van der Waals surface area contributed by atoms with E-state index in [0.717, 1.165) is 52.4 Å². The van der Waals surface area contributed by atoms with Gasteiger partial charge in [0.05, 0.1) is 25.2 Å². The molecule has 0 radical (unpaired) electrons. The van der Waals surface area contributed by atoms with Crippen LogP contribution in [0.5, 0.6) is 17.2 Å². The van der Waals surface area contributed by atoms with E-state index in [1.165, 1.54) is 11.1 Å². The lowest BCUT2D eigenvalue weighted by molar-refractivity contribution is -0.193. The minimum Gasteiger partial charge on any atom is -0.485 e. The van der Waals surface area contributed by atoms with Crippen LogP contribution in [0.1, 0.15) is 68.5 Å². The fraction of sp³-hybridized carbons (Fsp3) is 0.562. The lowest BCUT2D eigenvalue weighted by Gasteiger charge is -2.45. The largest absolute Gasteiger partial charge is 0.485 e. The summed E-state index contributed by atoms with van der Waals surface area (Å²) in [4.78, 5) is 0. The highest BCUT2D eigenvalue weighted by molar-refractivity contribution is 5.59. The Morgan fingerprint density at radius 1 is 1.00 bits per heavy atom. The lowest BCUT2D eigenvalue weighted by atomic mass is 9.76. The minimum atomic E-state index is -0.848. The molecule has 38 heavy (non-hydrogen) atoms. The molecule has 5 aliphatic heterocycles. The zero-order valence-corrected chi connectivity index (χ0v) is 23.0. The van der Waals surface area contributed by atoms with E-state index in [1.807, 2.05) is 13.8 Å². The third kappa shape index (κ3) is 3.49. The van der Waals surface area contributed by atoms with E-state index in [-0.39, 0.29) is 23.9 Å². The molecule has 8 atom stereocenters. The van der Waals surface area contributed by atoms with Crippen LogP contribution >= 0.6 is 0 Å². The number of benzene rings is 2. The van der Waals surface area contributed by atoms with E-state index in [4.69, 9.17) is 23.7 Å². The summed E-state index contributed by atoms with van der Waals surface area (Å²) in [5.74, 6) is 1.63. The molecule has 0 amide bonds. The van der Waals surface area contributed by atoms with Gasteiger partial charge >= 0.3 is 0 Å². The summed E-state index contributed by atoms with van der Waals surface area (Å²) in [5, 5.41) is 11.7. The van der Waals surface area contributed by atoms with Gasteiger partial charge in [0, 0.05) is 43.7 Å². The average molecular weight is 519 g/mol. The Morgan fingerprint density at radius 3 is 2.53 bits per heavy atom. The molecule has 2 fully saturated rings. The van der Waals surface area contributed by atoms with Crippen LogP contribution in [0.15, 0.2) is 36.4 Å². The first-order valence-electron chi connectivity index (χ1n) is 14.0. The molecule has 0 saturated carbocycles. The number of fused-ring (bicyclic) bond motifs is 6. The fourth-order valence-electron chi connectivity index (χ4n) is 7.54. The van der Waals surface area contributed by atoms with Crippen molar-refractivity contribution in [3.05, 3.63) is 64.2 Å². The molecule has 0 spiro atoms. The van der Waals surface area contributed by atoms with Crippen molar-refractivity contribution < 1.29 is 28.8 Å². The van der Waals surface area contributed by atoms with Crippen LogP contribution in [0.2, 0.25) is 0 Å². The predicted molar refractivity (Wildman–Crippen MR) is 143 cm³/mol. The second-order valence-corrected chi connectivity index (χ2v) is 12.6. The molecule has 6 heteroatoms. The zero-order chi connectivity index (χ0) is 26.6. The highest BCUT2D eigenvalue weighted by atomic mass is 16.7. The van der Waals surface area contributed by atoms with Gasteiger partial charge in [0.2, 0.25) is 11.6 Å². The smallest absolute Gasteiger partial charge is 0.213 e. The third-order valence-electron chi connectivity index (χ3n) is 9.71. The summed E-state index contributed by atoms with van der Waals surface area (Å²) < 4.78 is 31.9. The van der Waals surface area contributed by atoms with E-state index >= 15 is 0 Å². The molecule has 2 unspecified atom stereocenters. The van der Waals surface area contributed by atoms with Crippen LogP contribution in [0, 0.1) is 23.7 Å². The van der Waals surface area contributed by atoms with Crippen LogP contribution in [-0.4, -0.2) is 36.0 Å². The summed E-state index contributed by atoms with van der Waals surface area (Å²) in [6, 6.07) is 8.54. The van der Waals surface area contributed by atoms with Gasteiger partial charge in [-0.25, -0.2) is 0 Å². The van der Waals surface area contributed by atoms with Gasteiger partial charge in [-0.15, -0.1) is 0 Å². The Morgan fingerprint density at radius 2 is 1.74 bits per heavy atom. The zero-order valence-electron chi connectivity index (χ0n) is 23.0. The molecule has 0 aromatic heterocycles. The molecular weight excluding hydrogens is 480 g/mol. The summed E-state index contributed by atoms with van der Waals surface area (Å²) >= 11 is 0. The summed E-state index contributed by atoms with van der Waals surface area (Å²) in [5.41, 5.74) is 6.37.